The van der Waals surface area contributed by atoms with Crippen LogP contribution in [0.5, 0.6) is 0 Å². The van der Waals surface area contributed by atoms with Crippen LogP contribution >= 0.6 is 16.3 Å². The van der Waals surface area contributed by atoms with Crippen LogP contribution in [0.25, 0.3) is 0 Å². The first kappa shape index (κ1) is 50.0. The SMILES string of the molecule is c1ccc(P(O[C@H]2[C@H](OP(c3ccccc3)c3ccccc3)[C@H](COC(c3ccccc3)(c3ccccc3)c3ccccc3)O[C@H]2COC(c2ccccc2)(c2ccccc2)c2ccccc2)c2ccccc2)cc1. The first-order chi connectivity index (χ1) is 37.2. The van der Waals surface area contributed by atoms with E-state index >= 15 is 0 Å². The molecule has 10 aromatic carbocycles. The van der Waals surface area contributed by atoms with Gasteiger partial charge < -0.3 is 23.3 Å². The maximum atomic E-state index is 7.87. The molecule has 0 spiro atoms. The molecule has 1 saturated heterocycles. The Morgan fingerprint density at radius 1 is 0.267 bits per heavy atom. The number of benzene rings is 10. The highest BCUT2D eigenvalue weighted by Gasteiger charge is 2.52. The summed E-state index contributed by atoms with van der Waals surface area (Å²) in [5.74, 6) is 0. The largest absolute Gasteiger partial charge is 0.365 e. The van der Waals surface area contributed by atoms with Crippen molar-refractivity contribution in [3.63, 3.8) is 0 Å². The fourth-order valence-corrected chi connectivity index (χ4v) is 14.2. The zero-order chi connectivity index (χ0) is 50.5. The quantitative estimate of drug-likeness (QED) is 0.0562. The molecular weight excluding hydrogens is 959 g/mol. The molecule has 7 heteroatoms. The normalized spacial score (nSPS) is 16.8. The second kappa shape index (κ2) is 24.0. The Labute approximate surface area is 444 Å². The van der Waals surface area contributed by atoms with Gasteiger partial charge in [-0.15, -0.1) is 0 Å². The average Bonchev–Trinajstić information content (AvgIpc) is 3.83. The fourth-order valence-electron chi connectivity index (χ4n) is 10.3. The van der Waals surface area contributed by atoms with Crippen LogP contribution in [0.1, 0.15) is 33.4 Å². The van der Waals surface area contributed by atoms with E-state index in [-0.39, 0.29) is 13.2 Å². The van der Waals surface area contributed by atoms with Gasteiger partial charge in [-0.05, 0) is 33.4 Å². The maximum Gasteiger partial charge on any atom is 0.143 e. The summed E-state index contributed by atoms with van der Waals surface area (Å²) in [4.78, 5) is 0. The van der Waals surface area contributed by atoms with Crippen molar-refractivity contribution in [2.24, 2.45) is 0 Å². The van der Waals surface area contributed by atoms with Crippen molar-refractivity contribution in [1.29, 1.82) is 0 Å². The van der Waals surface area contributed by atoms with Gasteiger partial charge in [0.1, 0.15) is 35.6 Å². The third kappa shape index (κ3) is 10.9. The van der Waals surface area contributed by atoms with E-state index in [4.69, 9.17) is 23.3 Å². The lowest BCUT2D eigenvalue weighted by molar-refractivity contribution is -0.104. The van der Waals surface area contributed by atoms with Crippen molar-refractivity contribution in [2.45, 2.75) is 35.6 Å². The van der Waals surface area contributed by atoms with E-state index in [0.29, 0.717) is 0 Å². The second-order valence-corrected chi connectivity index (χ2v) is 22.1. The van der Waals surface area contributed by atoms with Crippen LogP contribution in [0.3, 0.4) is 0 Å². The Morgan fingerprint density at radius 2 is 0.453 bits per heavy atom. The summed E-state index contributed by atoms with van der Waals surface area (Å²) >= 11 is 0. The van der Waals surface area contributed by atoms with E-state index in [2.05, 4.69) is 267 Å². The Bertz CT molecular complexity index is 2760. The van der Waals surface area contributed by atoms with Gasteiger partial charge in [0, 0.05) is 21.2 Å². The standard InChI is InChI=1S/C68H58O5P2/c1-11-31-53(32-12-1)67(54-33-13-2-14-34-54,55-35-15-3-16-36-55)69-51-63-65(72-74(59-43-23-7-24-44-59)60-45-25-8-26-46-60)66(73-75(61-47-27-9-28-48-61)62-49-29-10-30-50-62)64(71-63)52-70-68(56-37-17-4-18-38-56,57-39-19-5-20-40-57)58-41-21-6-22-42-58/h1-50,63-66H,51-52H2/t63-,64-,65+,66+/m0/s1. The number of ether oxygens (including phenoxy) is 3. The minimum absolute atomic E-state index is 0.141. The molecule has 0 radical (unpaired) electrons. The average molecular weight is 1020 g/mol. The molecule has 0 amide bonds. The van der Waals surface area contributed by atoms with Gasteiger partial charge in [0.05, 0.1) is 29.5 Å². The highest BCUT2D eigenvalue weighted by molar-refractivity contribution is 7.69. The van der Waals surface area contributed by atoms with Crippen LogP contribution in [0.2, 0.25) is 0 Å². The van der Waals surface area contributed by atoms with Crippen molar-refractivity contribution >= 4 is 37.5 Å². The molecule has 5 nitrogen and oxygen atoms in total. The highest BCUT2D eigenvalue weighted by atomic mass is 31.1. The highest BCUT2D eigenvalue weighted by Crippen LogP contribution is 2.49. The van der Waals surface area contributed by atoms with E-state index in [1.165, 1.54) is 0 Å². The number of hydrogen-bond donors (Lipinski definition) is 0. The van der Waals surface area contributed by atoms with Gasteiger partial charge in [-0.25, -0.2) is 0 Å². The summed E-state index contributed by atoms with van der Waals surface area (Å²) in [5, 5.41) is 4.31. The molecule has 0 saturated carbocycles. The molecule has 4 atom stereocenters. The molecule has 0 aromatic heterocycles. The van der Waals surface area contributed by atoms with Crippen molar-refractivity contribution in [3.8, 4) is 0 Å². The van der Waals surface area contributed by atoms with Gasteiger partial charge >= 0.3 is 0 Å². The van der Waals surface area contributed by atoms with Crippen LogP contribution in [0.15, 0.2) is 303 Å². The second-order valence-electron chi connectivity index (χ2n) is 18.5. The Kier molecular flexibility index (Phi) is 16.0. The molecule has 0 bridgehead atoms. The van der Waals surface area contributed by atoms with E-state index in [0.717, 1.165) is 54.6 Å². The molecule has 1 aliphatic rings. The maximum absolute atomic E-state index is 7.87. The molecule has 0 aliphatic carbocycles. The topological polar surface area (TPSA) is 46.2 Å². The lowest BCUT2D eigenvalue weighted by atomic mass is 9.80. The van der Waals surface area contributed by atoms with Crippen molar-refractivity contribution in [3.05, 3.63) is 337 Å². The summed E-state index contributed by atoms with van der Waals surface area (Å²) in [7, 11) is -2.85. The van der Waals surface area contributed by atoms with Crippen LogP contribution in [-0.4, -0.2) is 37.6 Å². The van der Waals surface area contributed by atoms with Crippen LogP contribution in [0, 0.1) is 0 Å². The number of rotatable bonds is 20. The van der Waals surface area contributed by atoms with Crippen molar-refractivity contribution < 1.29 is 23.3 Å². The van der Waals surface area contributed by atoms with Crippen LogP contribution < -0.4 is 21.2 Å². The summed E-state index contributed by atoms with van der Waals surface area (Å²) in [6.07, 6.45) is -2.64. The minimum atomic E-state index is -1.43. The Hall–Kier alpha value is -7.14. The summed E-state index contributed by atoms with van der Waals surface area (Å²) in [6.45, 7) is 0.282. The zero-order valence-electron chi connectivity index (χ0n) is 41.5. The van der Waals surface area contributed by atoms with Gasteiger partial charge in [0.2, 0.25) is 0 Å². The summed E-state index contributed by atoms with van der Waals surface area (Å²) < 4.78 is 38.9. The molecule has 370 valence electrons. The molecule has 75 heavy (non-hydrogen) atoms. The van der Waals surface area contributed by atoms with Gasteiger partial charge in [0.15, 0.2) is 0 Å². The van der Waals surface area contributed by atoms with E-state index < -0.39 is 51.9 Å². The molecule has 11 rings (SSSR count). The molecule has 1 heterocycles. The summed E-state index contributed by atoms with van der Waals surface area (Å²) in [6, 6.07) is 105. The molecular formula is C68H58O5P2. The van der Waals surface area contributed by atoms with Crippen molar-refractivity contribution in [1.82, 2.24) is 0 Å². The van der Waals surface area contributed by atoms with E-state index in [1.807, 2.05) is 36.4 Å². The van der Waals surface area contributed by atoms with E-state index in [1.54, 1.807) is 0 Å². The lowest BCUT2D eigenvalue weighted by Gasteiger charge is -2.38. The molecule has 1 aliphatic heterocycles. The monoisotopic (exact) mass is 1020 g/mol. The van der Waals surface area contributed by atoms with Gasteiger partial charge in [0.25, 0.3) is 0 Å². The minimum Gasteiger partial charge on any atom is -0.365 e. The van der Waals surface area contributed by atoms with Crippen LogP contribution in [-0.2, 0) is 34.5 Å². The van der Waals surface area contributed by atoms with Gasteiger partial charge in [-0.2, -0.15) is 0 Å². The summed E-state index contributed by atoms with van der Waals surface area (Å²) in [5.41, 5.74) is 3.92. The fraction of sp³-hybridized carbons (Fsp3) is 0.118. The third-order valence-electron chi connectivity index (χ3n) is 13.8. The first-order valence-electron chi connectivity index (χ1n) is 25.6. The van der Waals surface area contributed by atoms with Crippen LogP contribution in [0.4, 0.5) is 0 Å². The molecule has 0 N–H and O–H groups in total. The van der Waals surface area contributed by atoms with E-state index in [9.17, 15) is 0 Å². The number of hydrogen-bond acceptors (Lipinski definition) is 5. The lowest BCUT2D eigenvalue weighted by Crippen LogP contribution is -2.43. The van der Waals surface area contributed by atoms with Gasteiger partial charge in [-0.3, -0.25) is 0 Å². The first-order valence-corrected chi connectivity index (χ1v) is 28.1. The zero-order valence-corrected chi connectivity index (χ0v) is 43.3. The Morgan fingerprint density at radius 3 is 0.653 bits per heavy atom. The molecule has 0 unspecified atom stereocenters. The van der Waals surface area contributed by atoms with Gasteiger partial charge in [-0.1, -0.05) is 303 Å². The molecule has 1 fully saturated rings. The predicted molar refractivity (Wildman–Crippen MR) is 307 cm³/mol. The molecule has 10 aromatic rings. The smallest absolute Gasteiger partial charge is 0.143 e. The predicted octanol–water partition coefficient (Wildman–Crippen LogP) is 13.6. The van der Waals surface area contributed by atoms with Crippen molar-refractivity contribution in [2.75, 3.05) is 13.2 Å². The Balaban J connectivity index is 1.09. The third-order valence-corrected chi connectivity index (χ3v) is 17.8.